The van der Waals surface area contributed by atoms with Crippen LogP contribution in [0.25, 0.3) is 11.8 Å². The van der Waals surface area contributed by atoms with E-state index in [9.17, 15) is 4.79 Å². The molecule has 2 saturated heterocycles. The van der Waals surface area contributed by atoms with Crippen LogP contribution in [0.4, 0.5) is 5.69 Å². The standard InChI is InChI=1S/C32H38N4O2S/c1-5-26-12-9-11-23(2)30(26)36-24(3)21-27(25(36)4)22-29-31(37)35(16-10-15-34-17-19-38-20-18-34)32(39-29)33-28-13-7-6-8-14-28/h6-9,11-14,21-22H,5,10,15-20H2,1-4H3/b29-22-,33-32?. The number of nitrogens with zero attached hydrogens (tertiary/aromatic N) is 4. The van der Waals surface area contributed by atoms with Gasteiger partial charge in [0, 0.05) is 37.6 Å². The summed E-state index contributed by atoms with van der Waals surface area (Å²) in [6.07, 6.45) is 3.92. The van der Waals surface area contributed by atoms with Gasteiger partial charge in [0.05, 0.1) is 29.5 Å². The quantitative estimate of drug-likeness (QED) is 0.314. The summed E-state index contributed by atoms with van der Waals surface area (Å²) in [5.41, 5.74) is 8.07. The lowest BCUT2D eigenvalue weighted by Crippen LogP contribution is -2.38. The van der Waals surface area contributed by atoms with E-state index >= 15 is 0 Å². The maximum absolute atomic E-state index is 13.7. The van der Waals surface area contributed by atoms with Crippen LogP contribution >= 0.6 is 11.8 Å². The van der Waals surface area contributed by atoms with Crippen molar-refractivity contribution < 1.29 is 9.53 Å². The number of para-hydroxylation sites is 2. The maximum atomic E-state index is 13.7. The van der Waals surface area contributed by atoms with Crippen molar-refractivity contribution in [2.24, 2.45) is 4.99 Å². The summed E-state index contributed by atoms with van der Waals surface area (Å²) >= 11 is 1.48. The van der Waals surface area contributed by atoms with Crippen LogP contribution in [-0.4, -0.2) is 64.8 Å². The number of aliphatic imine (C=N–C) groups is 1. The van der Waals surface area contributed by atoms with Gasteiger partial charge < -0.3 is 9.30 Å². The Hall–Kier alpha value is -3.13. The summed E-state index contributed by atoms with van der Waals surface area (Å²) in [5, 5.41) is 0.750. The number of carbonyl (C=O) groups is 1. The minimum absolute atomic E-state index is 0.0339. The van der Waals surface area contributed by atoms with E-state index in [-0.39, 0.29) is 5.91 Å². The molecule has 6 nitrogen and oxygen atoms in total. The van der Waals surface area contributed by atoms with Crippen molar-refractivity contribution in [2.45, 2.75) is 40.5 Å². The first-order valence-electron chi connectivity index (χ1n) is 13.9. The molecule has 204 valence electrons. The molecule has 0 unspecified atom stereocenters. The molecule has 0 spiro atoms. The number of aromatic nitrogens is 1. The van der Waals surface area contributed by atoms with Crippen LogP contribution < -0.4 is 0 Å². The molecule has 0 radical (unpaired) electrons. The fraction of sp³-hybridized carbons (Fsp3) is 0.375. The molecule has 0 bridgehead atoms. The Bertz CT molecular complexity index is 1390. The zero-order valence-corrected chi connectivity index (χ0v) is 24.3. The lowest BCUT2D eigenvalue weighted by atomic mass is 10.1. The Morgan fingerprint density at radius 1 is 1.00 bits per heavy atom. The summed E-state index contributed by atoms with van der Waals surface area (Å²) < 4.78 is 7.82. The summed E-state index contributed by atoms with van der Waals surface area (Å²) in [7, 11) is 0. The summed E-state index contributed by atoms with van der Waals surface area (Å²) in [4.78, 5) is 23.6. The van der Waals surface area contributed by atoms with Crippen LogP contribution in [0.3, 0.4) is 0 Å². The Balaban J connectivity index is 1.44. The van der Waals surface area contributed by atoms with E-state index < -0.39 is 0 Å². The van der Waals surface area contributed by atoms with Gasteiger partial charge in [0.25, 0.3) is 5.91 Å². The van der Waals surface area contributed by atoms with Crippen molar-refractivity contribution in [1.82, 2.24) is 14.4 Å². The molecule has 0 aliphatic carbocycles. The van der Waals surface area contributed by atoms with Crippen molar-refractivity contribution in [3.63, 3.8) is 0 Å². The average Bonchev–Trinajstić information content (AvgIpc) is 3.39. The lowest BCUT2D eigenvalue weighted by Gasteiger charge is -2.27. The van der Waals surface area contributed by atoms with E-state index in [1.807, 2.05) is 35.2 Å². The Labute approximate surface area is 236 Å². The molecular weight excluding hydrogens is 504 g/mol. The summed E-state index contributed by atoms with van der Waals surface area (Å²) in [5.74, 6) is 0.0339. The van der Waals surface area contributed by atoms with Gasteiger partial charge in [-0.15, -0.1) is 0 Å². The van der Waals surface area contributed by atoms with Gasteiger partial charge in [-0.25, -0.2) is 4.99 Å². The minimum Gasteiger partial charge on any atom is -0.379 e. The zero-order valence-electron chi connectivity index (χ0n) is 23.4. The molecule has 0 atom stereocenters. The van der Waals surface area contributed by atoms with Gasteiger partial charge in [0.1, 0.15) is 0 Å². The molecule has 1 amide bonds. The number of amides is 1. The van der Waals surface area contributed by atoms with E-state index in [0.717, 1.165) is 72.7 Å². The Kier molecular flexibility index (Phi) is 8.70. The maximum Gasteiger partial charge on any atom is 0.266 e. The first kappa shape index (κ1) is 27.4. The van der Waals surface area contributed by atoms with E-state index in [0.29, 0.717) is 6.54 Å². The van der Waals surface area contributed by atoms with Crippen LogP contribution in [0.5, 0.6) is 0 Å². The second kappa shape index (κ2) is 12.4. The molecule has 2 aliphatic heterocycles. The highest BCUT2D eigenvalue weighted by Crippen LogP contribution is 2.36. The molecule has 0 N–H and O–H groups in total. The molecule has 7 heteroatoms. The number of benzene rings is 2. The Morgan fingerprint density at radius 2 is 1.77 bits per heavy atom. The van der Waals surface area contributed by atoms with Crippen LogP contribution in [0, 0.1) is 20.8 Å². The first-order chi connectivity index (χ1) is 19.0. The molecule has 2 aromatic carbocycles. The Morgan fingerprint density at radius 3 is 2.51 bits per heavy atom. The summed E-state index contributed by atoms with van der Waals surface area (Å²) in [6, 6.07) is 18.6. The second-order valence-electron chi connectivity index (χ2n) is 10.2. The number of ether oxygens (including phenoxy) is 1. The monoisotopic (exact) mass is 542 g/mol. The smallest absolute Gasteiger partial charge is 0.266 e. The number of hydrogen-bond acceptors (Lipinski definition) is 5. The molecule has 2 fully saturated rings. The molecule has 2 aliphatic rings. The van der Waals surface area contributed by atoms with Crippen molar-refractivity contribution in [3.05, 3.63) is 87.6 Å². The van der Waals surface area contributed by atoms with Crippen LogP contribution in [0.15, 0.2) is 64.5 Å². The predicted octanol–water partition coefficient (Wildman–Crippen LogP) is 6.29. The highest BCUT2D eigenvalue weighted by molar-refractivity contribution is 8.18. The topological polar surface area (TPSA) is 50.1 Å². The van der Waals surface area contributed by atoms with Gasteiger partial charge in [-0.05, 0) is 86.3 Å². The van der Waals surface area contributed by atoms with Crippen molar-refractivity contribution >= 4 is 34.6 Å². The third kappa shape index (κ3) is 6.06. The number of hydrogen-bond donors (Lipinski definition) is 0. The number of amidine groups is 1. The van der Waals surface area contributed by atoms with Crippen LogP contribution in [-0.2, 0) is 16.0 Å². The molecule has 5 rings (SSSR count). The molecule has 1 aromatic heterocycles. The second-order valence-corrected chi connectivity index (χ2v) is 11.2. The number of thioether (sulfide) groups is 1. The van der Waals surface area contributed by atoms with Gasteiger partial charge in [0.2, 0.25) is 0 Å². The lowest BCUT2D eigenvalue weighted by molar-refractivity contribution is -0.122. The van der Waals surface area contributed by atoms with Gasteiger partial charge in [-0.1, -0.05) is 43.3 Å². The molecule has 0 saturated carbocycles. The number of carbonyl (C=O) groups excluding carboxylic acids is 1. The third-order valence-corrected chi connectivity index (χ3v) is 8.52. The number of aryl methyl sites for hydroxylation is 3. The highest BCUT2D eigenvalue weighted by atomic mass is 32.2. The van der Waals surface area contributed by atoms with Gasteiger partial charge in [0.15, 0.2) is 5.17 Å². The van der Waals surface area contributed by atoms with Gasteiger partial charge >= 0.3 is 0 Å². The largest absolute Gasteiger partial charge is 0.379 e. The number of rotatable bonds is 8. The predicted molar refractivity (Wildman–Crippen MR) is 162 cm³/mol. The first-order valence-corrected chi connectivity index (χ1v) is 14.7. The molecular formula is C32H38N4O2S. The van der Waals surface area contributed by atoms with E-state index in [4.69, 9.17) is 9.73 Å². The zero-order chi connectivity index (χ0) is 27.4. The third-order valence-electron chi connectivity index (χ3n) is 7.51. The molecule has 3 heterocycles. The van der Waals surface area contributed by atoms with Crippen molar-refractivity contribution in [1.29, 1.82) is 0 Å². The fourth-order valence-corrected chi connectivity index (χ4v) is 6.44. The van der Waals surface area contributed by atoms with Crippen molar-refractivity contribution in [3.8, 4) is 5.69 Å². The fourth-order valence-electron chi connectivity index (χ4n) is 5.42. The van der Waals surface area contributed by atoms with Crippen LogP contribution in [0.1, 0.15) is 41.4 Å². The highest BCUT2D eigenvalue weighted by Gasteiger charge is 2.33. The SMILES string of the molecule is CCc1cccc(C)c1-n1c(C)cc(/C=C2\SC(=Nc3ccccc3)N(CCCN3CCOCC3)C2=O)c1C. The minimum atomic E-state index is 0.0339. The van der Waals surface area contributed by atoms with E-state index in [2.05, 4.69) is 67.5 Å². The van der Waals surface area contributed by atoms with E-state index in [1.54, 1.807) is 0 Å². The van der Waals surface area contributed by atoms with Crippen molar-refractivity contribution in [2.75, 3.05) is 39.4 Å². The normalized spacial score (nSPS) is 18.6. The van der Waals surface area contributed by atoms with Gasteiger partial charge in [-0.2, -0.15) is 0 Å². The van der Waals surface area contributed by atoms with E-state index in [1.165, 1.54) is 34.3 Å². The average molecular weight is 543 g/mol. The van der Waals surface area contributed by atoms with Gasteiger partial charge in [-0.3, -0.25) is 14.6 Å². The number of morpholine rings is 1. The molecule has 39 heavy (non-hydrogen) atoms. The van der Waals surface area contributed by atoms with Crippen LogP contribution in [0.2, 0.25) is 0 Å². The molecule has 3 aromatic rings. The summed E-state index contributed by atoms with van der Waals surface area (Å²) in [6.45, 7) is 13.7.